The van der Waals surface area contributed by atoms with Gasteiger partial charge in [0, 0.05) is 24.6 Å². The molecule has 2 aromatic rings. The summed E-state index contributed by atoms with van der Waals surface area (Å²) in [6, 6.07) is 7.14. The first-order chi connectivity index (χ1) is 8.66. The van der Waals surface area contributed by atoms with Crippen LogP contribution in [0.3, 0.4) is 0 Å². The molecule has 0 fully saturated rings. The molecule has 92 valence electrons. The number of aromatic nitrogens is 2. The third-order valence-electron chi connectivity index (χ3n) is 2.43. The van der Waals surface area contributed by atoms with E-state index in [0.717, 1.165) is 11.3 Å². The molecule has 0 saturated carbocycles. The molecule has 5 heteroatoms. The SMILES string of the molecule is Cc1ccc(CNC(=O)c2cccnc2Cl)cn1. The molecule has 0 unspecified atom stereocenters. The lowest BCUT2D eigenvalue weighted by atomic mass is 10.2. The summed E-state index contributed by atoms with van der Waals surface area (Å²) < 4.78 is 0. The quantitative estimate of drug-likeness (QED) is 0.863. The number of rotatable bonds is 3. The standard InChI is InChI=1S/C13H12ClN3O/c1-9-4-5-10(7-16-9)8-17-13(18)11-3-2-6-15-12(11)14/h2-7H,8H2,1H3,(H,17,18). The normalized spacial score (nSPS) is 10.1. The maximum Gasteiger partial charge on any atom is 0.254 e. The van der Waals surface area contributed by atoms with E-state index in [0.29, 0.717) is 12.1 Å². The van der Waals surface area contributed by atoms with E-state index in [-0.39, 0.29) is 11.1 Å². The Morgan fingerprint density at radius 2 is 2.17 bits per heavy atom. The summed E-state index contributed by atoms with van der Waals surface area (Å²) in [6.07, 6.45) is 3.28. The average Bonchev–Trinajstić information content (AvgIpc) is 2.38. The van der Waals surface area contributed by atoms with Crippen LogP contribution in [0.2, 0.25) is 5.15 Å². The molecule has 0 aliphatic heterocycles. The Hall–Kier alpha value is -1.94. The van der Waals surface area contributed by atoms with Crippen LogP contribution in [-0.4, -0.2) is 15.9 Å². The van der Waals surface area contributed by atoms with Crippen LogP contribution in [0.1, 0.15) is 21.6 Å². The first-order valence-electron chi connectivity index (χ1n) is 5.47. The Balaban J connectivity index is 2.01. The van der Waals surface area contributed by atoms with Crippen molar-refractivity contribution in [2.24, 2.45) is 0 Å². The van der Waals surface area contributed by atoms with Gasteiger partial charge in [-0.05, 0) is 30.7 Å². The van der Waals surface area contributed by atoms with E-state index in [4.69, 9.17) is 11.6 Å². The van der Waals surface area contributed by atoms with Gasteiger partial charge in [-0.1, -0.05) is 17.7 Å². The Morgan fingerprint density at radius 3 is 2.83 bits per heavy atom. The van der Waals surface area contributed by atoms with Gasteiger partial charge in [0.15, 0.2) is 0 Å². The van der Waals surface area contributed by atoms with Gasteiger partial charge in [-0.2, -0.15) is 0 Å². The van der Waals surface area contributed by atoms with Crippen molar-refractivity contribution in [3.8, 4) is 0 Å². The van der Waals surface area contributed by atoms with E-state index in [1.54, 1.807) is 24.5 Å². The molecule has 1 amide bonds. The minimum Gasteiger partial charge on any atom is -0.348 e. The lowest BCUT2D eigenvalue weighted by molar-refractivity contribution is 0.0950. The molecule has 0 aromatic carbocycles. The highest BCUT2D eigenvalue weighted by Gasteiger charge is 2.09. The summed E-state index contributed by atoms with van der Waals surface area (Å²) in [7, 11) is 0. The van der Waals surface area contributed by atoms with Gasteiger partial charge < -0.3 is 5.32 Å². The second-order valence-electron chi connectivity index (χ2n) is 3.83. The second kappa shape index (κ2) is 5.60. The van der Waals surface area contributed by atoms with Gasteiger partial charge in [-0.25, -0.2) is 4.98 Å². The molecular formula is C13H12ClN3O. The van der Waals surface area contributed by atoms with Crippen molar-refractivity contribution in [2.75, 3.05) is 0 Å². The van der Waals surface area contributed by atoms with Gasteiger partial charge in [0.1, 0.15) is 5.15 Å². The predicted octanol–water partition coefficient (Wildman–Crippen LogP) is 2.37. The molecule has 0 bridgehead atoms. The zero-order valence-electron chi connectivity index (χ0n) is 9.85. The third-order valence-corrected chi connectivity index (χ3v) is 2.73. The average molecular weight is 262 g/mol. The third kappa shape index (κ3) is 3.05. The predicted molar refractivity (Wildman–Crippen MR) is 69.4 cm³/mol. The molecule has 18 heavy (non-hydrogen) atoms. The van der Waals surface area contributed by atoms with Crippen molar-refractivity contribution in [1.82, 2.24) is 15.3 Å². The van der Waals surface area contributed by atoms with Gasteiger partial charge in [0.2, 0.25) is 0 Å². The van der Waals surface area contributed by atoms with Crippen LogP contribution >= 0.6 is 11.6 Å². The van der Waals surface area contributed by atoms with Gasteiger partial charge in [-0.15, -0.1) is 0 Å². The number of carbonyl (C=O) groups is 1. The summed E-state index contributed by atoms with van der Waals surface area (Å²) in [6.45, 7) is 2.33. The van der Waals surface area contributed by atoms with Crippen molar-refractivity contribution in [1.29, 1.82) is 0 Å². The fourth-order valence-electron chi connectivity index (χ4n) is 1.44. The van der Waals surface area contributed by atoms with Crippen molar-refractivity contribution < 1.29 is 4.79 Å². The number of nitrogens with zero attached hydrogens (tertiary/aromatic N) is 2. The van der Waals surface area contributed by atoms with Crippen LogP contribution in [-0.2, 0) is 6.54 Å². The fourth-order valence-corrected chi connectivity index (χ4v) is 1.64. The van der Waals surface area contributed by atoms with Gasteiger partial charge in [0.25, 0.3) is 5.91 Å². The van der Waals surface area contributed by atoms with E-state index >= 15 is 0 Å². The fraction of sp³-hybridized carbons (Fsp3) is 0.154. The largest absolute Gasteiger partial charge is 0.348 e. The molecule has 0 aliphatic rings. The first kappa shape index (κ1) is 12.5. The number of nitrogens with one attached hydrogen (secondary N) is 1. The van der Waals surface area contributed by atoms with Crippen molar-refractivity contribution in [2.45, 2.75) is 13.5 Å². The molecule has 2 heterocycles. The second-order valence-corrected chi connectivity index (χ2v) is 4.19. The molecule has 0 aliphatic carbocycles. The molecule has 0 spiro atoms. The van der Waals surface area contributed by atoms with Crippen molar-refractivity contribution in [3.63, 3.8) is 0 Å². The summed E-state index contributed by atoms with van der Waals surface area (Å²) >= 11 is 5.84. The Labute approximate surface area is 110 Å². The highest BCUT2D eigenvalue weighted by molar-refractivity contribution is 6.32. The van der Waals surface area contributed by atoms with E-state index in [9.17, 15) is 4.79 Å². The topological polar surface area (TPSA) is 54.9 Å². The van der Waals surface area contributed by atoms with E-state index in [1.807, 2.05) is 19.1 Å². The van der Waals surface area contributed by atoms with E-state index < -0.39 is 0 Å². The van der Waals surface area contributed by atoms with Gasteiger partial charge in [-0.3, -0.25) is 9.78 Å². The Kier molecular flexibility index (Phi) is 3.89. The minimum atomic E-state index is -0.242. The lowest BCUT2D eigenvalue weighted by Crippen LogP contribution is -2.23. The molecule has 0 radical (unpaired) electrons. The molecule has 2 aromatic heterocycles. The van der Waals surface area contributed by atoms with Crippen LogP contribution in [0.5, 0.6) is 0 Å². The summed E-state index contributed by atoms with van der Waals surface area (Å²) in [5.41, 5.74) is 2.26. The van der Waals surface area contributed by atoms with Gasteiger partial charge in [0.05, 0.1) is 5.56 Å². The number of hydrogen-bond donors (Lipinski definition) is 1. The Bertz CT molecular complexity index is 554. The minimum absolute atomic E-state index is 0.206. The maximum atomic E-state index is 11.8. The molecule has 4 nitrogen and oxygen atoms in total. The number of amides is 1. The smallest absolute Gasteiger partial charge is 0.254 e. The summed E-state index contributed by atoms with van der Waals surface area (Å²) in [5, 5.41) is 2.98. The van der Waals surface area contributed by atoms with Crippen LogP contribution in [0.15, 0.2) is 36.7 Å². The highest BCUT2D eigenvalue weighted by atomic mass is 35.5. The first-order valence-corrected chi connectivity index (χ1v) is 5.85. The molecule has 0 saturated heterocycles. The maximum absolute atomic E-state index is 11.8. The summed E-state index contributed by atoms with van der Waals surface area (Å²) in [5.74, 6) is -0.242. The molecule has 0 atom stereocenters. The monoisotopic (exact) mass is 261 g/mol. The van der Waals surface area contributed by atoms with Crippen LogP contribution in [0, 0.1) is 6.92 Å². The zero-order chi connectivity index (χ0) is 13.0. The molecular weight excluding hydrogens is 250 g/mol. The highest BCUT2D eigenvalue weighted by Crippen LogP contribution is 2.11. The number of hydrogen-bond acceptors (Lipinski definition) is 3. The van der Waals surface area contributed by atoms with Crippen LogP contribution < -0.4 is 5.32 Å². The summed E-state index contributed by atoms with van der Waals surface area (Å²) in [4.78, 5) is 19.9. The van der Waals surface area contributed by atoms with Crippen LogP contribution in [0.4, 0.5) is 0 Å². The zero-order valence-corrected chi connectivity index (χ0v) is 10.6. The van der Waals surface area contributed by atoms with Crippen molar-refractivity contribution >= 4 is 17.5 Å². The molecule has 1 N–H and O–H groups in total. The van der Waals surface area contributed by atoms with E-state index in [2.05, 4.69) is 15.3 Å². The van der Waals surface area contributed by atoms with E-state index in [1.165, 1.54) is 0 Å². The molecule has 2 rings (SSSR count). The lowest BCUT2D eigenvalue weighted by Gasteiger charge is -2.06. The number of aryl methyl sites for hydroxylation is 1. The van der Waals surface area contributed by atoms with Crippen molar-refractivity contribution in [3.05, 3.63) is 58.6 Å². The number of halogens is 1. The number of carbonyl (C=O) groups excluding carboxylic acids is 1. The van der Waals surface area contributed by atoms with Gasteiger partial charge >= 0.3 is 0 Å². The Morgan fingerprint density at radius 1 is 1.33 bits per heavy atom. The van der Waals surface area contributed by atoms with Crippen LogP contribution in [0.25, 0.3) is 0 Å². The number of pyridine rings is 2.